The fourth-order valence-corrected chi connectivity index (χ4v) is 1.96. The third-order valence-electron chi connectivity index (χ3n) is 2.41. The summed E-state index contributed by atoms with van der Waals surface area (Å²) >= 11 is 2.15. The Morgan fingerprint density at radius 3 is 2.86 bits per heavy atom. The number of aromatic amines is 2. The smallest absolute Gasteiger partial charge is 0.273 e. The van der Waals surface area contributed by atoms with E-state index in [4.69, 9.17) is 0 Å². The molecule has 8 nitrogen and oxygen atoms in total. The van der Waals surface area contributed by atoms with Crippen molar-refractivity contribution in [1.82, 2.24) is 20.6 Å². The Kier molecular flexibility index (Phi) is 4.98. The van der Waals surface area contributed by atoms with Crippen LogP contribution >= 0.6 is 22.6 Å². The van der Waals surface area contributed by atoms with E-state index in [9.17, 15) is 14.4 Å². The Balaban J connectivity index is 1.98. The normalized spacial score (nSPS) is 10.7. The van der Waals surface area contributed by atoms with Gasteiger partial charge in [0.05, 0.1) is 12.6 Å². The summed E-state index contributed by atoms with van der Waals surface area (Å²) in [5.41, 5.74) is 1.64. The second-order valence-corrected chi connectivity index (χ2v) is 5.11. The number of nitrogens with one attached hydrogen (secondary N) is 3. The minimum Gasteiger partial charge on any atom is -0.273 e. The van der Waals surface area contributed by atoms with Gasteiger partial charge in [0.25, 0.3) is 5.56 Å². The van der Waals surface area contributed by atoms with E-state index in [0.29, 0.717) is 0 Å². The molecule has 2 aromatic rings. The summed E-state index contributed by atoms with van der Waals surface area (Å²) in [6.07, 6.45) is 1.22. The summed E-state index contributed by atoms with van der Waals surface area (Å²) in [5.74, 6) is -0.512. The van der Waals surface area contributed by atoms with Crippen molar-refractivity contribution >= 4 is 34.7 Å². The van der Waals surface area contributed by atoms with Crippen molar-refractivity contribution in [2.75, 3.05) is 0 Å². The van der Waals surface area contributed by atoms with Crippen molar-refractivity contribution in [3.63, 3.8) is 0 Å². The van der Waals surface area contributed by atoms with Gasteiger partial charge in [-0.2, -0.15) is 10.2 Å². The van der Waals surface area contributed by atoms with Gasteiger partial charge in [-0.3, -0.25) is 14.6 Å². The summed E-state index contributed by atoms with van der Waals surface area (Å²) in [5, 5.41) is 9.36. The molecule has 1 heterocycles. The molecule has 2 rings (SSSR count). The van der Waals surface area contributed by atoms with Crippen molar-refractivity contribution in [3.05, 3.63) is 59.9 Å². The van der Waals surface area contributed by atoms with E-state index in [-0.39, 0.29) is 12.1 Å². The highest BCUT2D eigenvalue weighted by Crippen LogP contribution is 2.08. The van der Waals surface area contributed by atoms with Crippen molar-refractivity contribution in [2.45, 2.75) is 6.42 Å². The molecule has 0 unspecified atom stereocenters. The minimum absolute atomic E-state index is 0.0865. The number of nitrogens with zero attached hydrogens (tertiary/aromatic N) is 2. The SMILES string of the molecule is O=C(Cc1n[nH]c(=O)[nH]c1=O)NN=Cc1ccccc1I. The minimum atomic E-state index is -0.721. The van der Waals surface area contributed by atoms with Crippen LogP contribution in [-0.4, -0.2) is 27.3 Å². The molecule has 0 spiro atoms. The first-order valence-electron chi connectivity index (χ1n) is 5.80. The van der Waals surface area contributed by atoms with E-state index in [1.54, 1.807) is 0 Å². The topological polar surface area (TPSA) is 120 Å². The van der Waals surface area contributed by atoms with E-state index in [1.807, 2.05) is 29.2 Å². The maximum Gasteiger partial charge on any atom is 0.342 e. The van der Waals surface area contributed by atoms with E-state index < -0.39 is 17.2 Å². The molecular formula is C12H10IN5O3. The summed E-state index contributed by atoms with van der Waals surface area (Å²) < 4.78 is 0.992. The van der Waals surface area contributed by atoms with Crippen LogP contribution in [0.1, 0.15) is 11.3 Å². The molecule has 0 fully saturated rings. The lowest BCUT2D eigenvalue weighted by Gasteiger charge is -1.99. The molecule has 9 heteroatoms. The highest BCUT2D eigenvalue weighted by Gasteiger charge is 2.08. The number of halogens is 1. The van der Waals surface area contributed by atoms with E-state index in [0.717, 1.165) is 9.13 Å². The van der Waals surface area contributed by atoms with Gasteiger partial charge in [-0.1, -0.05) is 18.2 Å². The summed E-state index contributed by atoms with van der Waals surface area (Å²) in [6, 6.07) is 7.51. The summed E-state index contributed by atoms with van der Waals surface area (Å²) in [6.45, 7) is 0. The molecule has 0 aliphatic rings. The Hall–Kier alpha value is -2.30. The zero-order valence-electron chi connectivity index (χ0n) is 10.6. The van der Waals surface area contributed by atoms with Crippen LogP contribution in [0.25, 0.3) is 0 Å². The number of carbonyl (C=O) groups is 1. The zero-order chi connectivity index (χ0) is 15.2. The Bertz CT molecular complexity index is 796. The lowest BCUT2D eigenvalue weighted by Crippen LogP contribution is -2.31. The van der Waals surface area contributed by atoms with Gasteiger partial charge in [-0.15, -0.1) is 0 Å². The number of H-pyrrole nitrogens is 2. The number of hydrazone groups is 1. The predicted molar refractivity (Wildman–Crippen MR) is 84.1 cm³/mol. The van der Waals surface area contributed by atoms with Crippen LogP contribution in [-0.2, 0) is 11.2 Å². The molecule has 1 aromatic carbocycles. The fraction of sp³-hybridized carbons (Fsp3) is 0.0833. The highest BCUT2D eigenvalue weighted by molar-refractivity contribution is 14.1. The van der Waals surface area contributed by atoms with Crippen LogP contribution in [0.4, 0.5) is 0 Å². The van der Waals surface area contributed by atoms with Crippen molar-refractivity contribution in [1.29, 1.82) is 0 Å². The number of aromatic nitrogens is 3. The molecule has 1 aromatic heterocycles. The van der Waals surface area contributed by atoms with Gasteiger partial charge >= 0.3 is 5.69 Å². The monoisotopic (exact) mass is 399 g/mol. The maximum absolute atomic E-state index is 11.6. The molecule has 0 radical (unpaired) electrons. The highest BCUT2D eigenvalue weighted by atomic mass is 127. The summed E-state index contributed by atoms with van der Waals surface area (Å²) in [4.78, 5) is 35.7. The first kappa shape index (κ1) is 15.1. The lowest BCUT2D eigenvalue weighted by atomic mass is 10.2. The molecular weight excluding hydrogens is 389 g/mol. The van der Waals surface area contributed by atoms with Crippen LogP contribution in [0.5, 0.6) is 0 Å². The number of amides is 1. The molecule has 0 saturated heterocycles. The first-order chi connectivity index (χ1) is 10.1. The van der Waals surface area contributed by atoms with E-state index >= 15 is 0 Å². The zero-order valence-corrected chi connectivity index (χ0v) is 12.7. The second kappa shape index (κ2) is 6.92. The van der Waals surface area contributed by atoms with E-state index in [2.05, 4.69) is 43.3 Å². The van der Waals surface area contributed by atoms with Gasteiger partial charge in [-0.25, -0.2) is 15.3 Å². The Labute approximate surface area is 131 Å². The van der Waals surface area contributed by atoms with Gasteiger partial charge < -0.3 is 0 Å². The predicted octanol–water partition coefficient (Wildman–Crippen LogP) is -0.244. The van der Waals surface area contributed by atoms with E-state index in [1.165, 1.54) is 6.21 Å². The van der Waals surface area contributed by atoms with Crippen LogP contribution < -0.4 is 16.7 Å². The van der Waals surface area contributed by atoms with Gasteiger partial charge in [0.15, 0.2) is 0 Å². The number of benzene rings is 1. The number of hydrogen-bond donors (Lipinski definition) is 3. The Morgan fingerprint density at radius 2 is 2.14 bits per heavy atom. The molecule has 0 aliphatic heterocycles. The lowest BCUT2D eigenvalue weighted by molar-refractivity contribution is -0.120. The Morgan fingerprint density at radius 1 is 1.38 bits per heavy atom. The van der Waals surface area contributed by atoms with Crippen molar-refractivity contribution < 1.29 is 4.79 Å². The van der Waals surface area contributed by atoms with Crippen molar-refractivity contribution in [3.8, 4) is 0 Å². The van der Waals surface area contributed by atoms with Gasteiger partial charge in [0.1, 0.15) is 5.69 Å². The molecule has 0 aliphatic carbocycles. The third-order valence-corrected chi connectivity index (χ3v) is 3.39. The molecule has 3 N–H and O–H groups in total. The molecule has 108 valence electrons. The van der Waals surface area contributed by atoms with Crippen molar-refractivity contribution in [2.24, 2.45) is 5.10 Å². The first-order valence-corrected chi connectivity index (χ1v) is 6.88. The quantitative estimate of drug-likeness (QED) is 0.373. The fourth-order valence-electron chi connectivity index (χ4n) is 1.44. The number of hydrogen-bond acceptors (Lipinski definition) is 5. The van der Waals surface area contributed by atoms with Crippen LogP contribution in [0.2, 0.25) is 0 Å². The third kappa shape index (κ3) is 4.34. The summed E-state index contributed by atoms with van der Waals surface area (Å²) in [7, 11) is 0. The molecule has 0 bridgehead atoms. The largest absolute Gasteiger partial charge is 0.342 e. The molecule has 0 saturated carbocycles. The van der Waals surface area contributed by atoms with Gasteiger partial charge in [-0.05, 0) is 28.7 Å². The van der Waals surface area contributed by atoms with Crippen LogP contribution in [0, 0.1) is 3.57 Å². The van der Waals surface area contributed by atoms with Gasteiger partial charge in [0.2, 0.25) is 5.91 Å². The number of rotatable bonds is 4. The molecule has 0 atom stereocenters. The molecule has 21 heavy (non-hydrogen) atoms. The second-order valence-electron chi connectivity index (χ2n) is 3.95. The standard InChI is InChI=1S/C12H10IN5O3/c13-8-4-2-1-3-7(8)6-14-17-10(19)5-9-11(20)15-12(21)18-16-9/h1-4,6H,5H2,(H,17,19)(H2,15,18,20,21). The molecule has 1 amide bonds. The average molecular weight is 399 g/mol. The van der Waals surface area contributed by atoms with Crippen LogP contribution in [0.15, 0.2) is 39.0 Å². The van der Waals surface area contributed by atoms with Crippen LogP contribution in [0.3, 0.4) is 0 Å². The van der Waals surface area contributed by atoms with Gasteiger partial charge in [0, 0.05) is 9.13 Å². The average Bonchev–Trinajstić information content (AvgIpc) is 2.44. The number of carbonyl (C=O) groups excluding carboxylic acids is 1. The maximum atomic E-state index is 11.6.